The molecule has 1 aromatic heterocycles. The maximum Gasteiger partial charge on any atom is 0.405 e. The number of likely N-dealkylation sites (tertiary alicyclic amines) is 2. The van der Waals surface area contributed by atoms with Gasteiger partial charge in [0.2, 0.25) is 11.8 Å². The van der Waals surface area contributed by atoms with Gasteiger partial charge >= 0.3 is 12.1 Å². The molecule has 12 rings (SSSR count). The minimum atomic E-state index is -4.58. The highest BCUT2D eigenvalue weighted by Crippen LogP contribution is 2.54. The van der Waals surface area contributed by atoms with Crippen LogP contribution in [0, 0.1) is 22.7 Å². The van der Waals surface area contributed by atoms with Crippen molar-refractivity contribution >= 4 is 58.1 Å². The van der Waals surface area contributed by atoms with Crippen molar-refractivity contribution in [3.63, 3.8) is 0 Å². The average molecular weight is 1140 g/mol. The van der Waals surface area contributed by atoms with Gasteiger partial charge in [0.1, 0.15) is 24.7 Å². The maximum absolute atomic E-state index is 15.2. The number of aromatic nitrogens is 1. The summed E-state index contributed by atoms with van der Waals surface area (Å²) < 4.78 is 57.6. The number of benzene rings is 1. The van der Waals surface area contributed by atoms with E-state index in [0.29, 0.717) is 90.9 Å². The molecule has 7 fully saturated rings. The molecule has 5 saturated heterocycles. The standard InChI is InChI=1S/C60H82F3N11O6S/c1-35(2)50(71-19-16-59(31-71)17-20-72(32-59)56(77)53-51(68(53)6)37-10-11-37)54(75)66-45-27-48-65-46(30-81-48)38-12-15-47-41(25-38)43(28-58(4,5)34-80-57(78)44-9-8-18-74(67-44)55(45)76)52(73(47)33-60(61,62)63)42-26-40(29-64-49(42)36(3)79-7)70-23-21-69(22-24-70)39-13-14-39/h12,15,25-26,28-29,35-37,39,44-45,48,50-53,67H,8-11,13-14,16-24,27,30-34H2,1-7H3,(H,66,75)/b43-28+/t36-,44-,45-,48?,50-,51+,52?,53+,59-,68?/m0/s1. The number of halogens is 3. The van der Waals surface area contributed by atoms with E-state index in [4.69, 9.17) is 19.5 Å². The number of hydrogen-bond donors (Lipinski definition) is 2. The molecule has 9 heterocycles. The largest absolute Gasteiger partial charge is 0.464 e. The van der Waals surface area contributed by atoms with Gasteiger partial charge in [-0.2, -0.15) is 13.2 Å². The highest BCUT2D eigenvalue weighted by atomic mass is 32.2. The summed E-state index contributed by atoms with van der Waals surface area (Å²) in [7, 11) is 3.64. The number of fused-ring (bicyclic) bond motifs is 5. The van der Waals surface area contributed by atoms with Crippen LogP contribution in [-0.2, 0) is 28.7 Å². The van der Waals surface area contributed by atoms with E-state index in [9.17, 15) is 19.2 Å². The van der Waals surface area contributed by atoms with Crippen molar-refractivity contribution in [3.8, 4) is 0 Å². The van der Waals surface area contributed by atoms with Gasteiger partial charge in [-0.25, -0.2) is 5.43 Å². The Balaban J connectivity index is 0.851. The third-order valence-electron chi connectivity index (χ3n) is 19.3. The van der Waals surface area contributed by atoms with E-state index in [2.05, 4.69) is 42.3 Å². The maximum atomic E-state index is 15.2. The number of piperazine rings is 1. The molecule has 10 aliphatic rings. The van der Waals surface area contributed by atoms with Crippen molar-refractivity contribution in [2.24, 2.45) is 27.7 Å². The lowest BCUT2D eigenvalue weighted by atomic mass is 9.85. The summed E-state index contributed by atoms with van der Waals surface area (Å²) in [5.41, 5.74) is 7.31. The van der Waals surface area contributed by atoms with E-state index in [1.54, 1.807) is 24.9 Å². The number of esters is 1. The molecule has 81 heavy (non-hydrogen) atoms. The summed E-state index contributed by atoms with van der Waals surface area (Å²) >= 11 is 1.56. The number of ether oxygens (including phenoxy) is 2. The normalized spacial score (nSPS) is 32.4. The Labute approximate surface area is 479 Å². The minimum absolute atomic E-state index is 0.0154. The van der Waals surface area contributed by atoms with Crippen LogP contribution in [0.5, 0.6) is 0 Å². The Kier molecular flexibility index (Phi) is 15.4. The topological polar surface area (TPSA) is 158 Å². The lowest BCUT2D eigenvalue weighted by Gasteiger charge is -2.37. The first-order chi connectivity index (χ1) is 38.7. The first-order valence-electron chi connectivity index (χ1n) is 29.9. The van der Waals surface area contributed by atoms with Gasteiger partial charge in [-0.3, -0.25) is 48.9 Å². The zero-order valence-corrected chi connectivity index (χ0v) is 49.0. The van der Waals surface area contributed by atoms with Crippen molar-refractivity contribution in [3.05, 3.63) is 58.9 Å². The first-order valence-corrected chi connectivity index (χ1v) is 30.9. The molecule has 8 aliphatic heterocycles. The number of rotatable bonds is 12. The van der Waals surface area contributed by atoms with Crippen molar-refractivity contribution in [2.75, 3.05) is 102 Å². The van der Waals surface area contributed by atoms with E-state index >= 15 is 13.2 Å². The molecule has 2 aromatic rings. The van der Waals surface area contributed by atoms with Gasteiger partial charge in [-0.05, 0) is 113 Å². The number of likely N-dealkylation sites (N-methyl/N-ethyl adjacent to an activating group) is 1. The van der Waals surface area contributed by atoms with Crippen LogP contribution in [0.25, 0.3) is 5.57 Å². The fourth-order valence-electron chi connectivity index (χ4n) is 14.6. The van der Waals surface area contributed by atoms with Crippen LogP contribution in [-0.4, -0.2) is 199 Å². The molecule has 1 spiro atoms. The van der Waals surface area contributed by atoms with Gasteiger partial charge in [0.15, 0.2) is 0 Å². The Morgan fingerprint density at radius 3 is 2.46 bits per heavy atom. The second kappa shape index (κ2) is 22.0. The first kappa shape index (κ1) is 56.7. The zero-order chi connectivity index (χ0) is 56.9. The van der Waals surface area contributed by atoms with E-state index in [1.807, 2.05) is 65.1 Å². The summed E-state index contributed by atoms with van der Waals surface area (Å²) in [6.45, 7) is 14.9. The fraction of sp³-hybridized carbons (Fsp3) is 0.700. The number of pyridine rings is 1. The monoisotopic (exact) mass is 1140 g/mol. The predicted octanol–water partition coefficient (Wildman–Crippen LogP) is 6.44. The number of hydrazine groups is 1. The number of nitrogens with one attached hydrogen (secondary N) is 2. The van der Waals surface area contributed by atoms with Crippen molar-refractivity contribution in [1.29, 1.82) is 0 Å². The molecule has 21 heteroatoms. The van der Waals surface area contributed by atoms with Crippen LogP contribution in [0.3, 0.4) is 0 Å². The lowest BCUT2D eigenvalue weighted by molar-refractivity contribution is -0.155. The molecule has 440 valence electrons. The van der Waals surface area contributed by atoms with Crippen LogP contribution in [0.2, 0.25) is 0 Å². The number of hydrogen-bond acceptors (Lipinski definition) is 15. The van der Waals surface area contributed by atoms with Crippen LogP contribution in [0.15, 0.2) is 41.5 Å². The Bertz CT molecular complexity index is 2840. The smallest absolute Gasteiger partial charge is 0.405 e. The molecule has 1 aromatic carbocycles. The highest BCUT2D eigenvalue weighted by molar-refractivity contribution is 8.00. The minimum Gasteiger partial charge on any atom is -0.464 e. The Morgan fingerprint density at radius 2 is 1.74 bits per heavy atom. The van der Waals surface area contributed by atoms with Crippen molar-refractivity contribution in [2.45, 2.75) is 152 Å². The van der Waals surface area contributed by atoms with E-state index in [0.717, 1.165) is 62.5 Å². The number of anilines is 2. The predicted molar refractivity (Wildman–Crippen MR) is 305 cm³/mol. The molecular formula is C60H82F3N11O6S. The van der Waals surface area contributed by atoms with Crippen molar-refractivity contribution < 1.29 is 41.8 Å². The number of cyclic esters (lactones) is 1. The molecule has 2 N–H and O–H groups in total. The molecular weight excluding hydrogens is 1060 g/mol. The number of nitrogens with zero attached hydrogens (tertiary/aromatic N) is 9. The molecule has 17 nitrogen and oxygen atoms in total. The number of thioether (sulfide) groups is 1. The summed E-state index contributed by atoms with van der Waals surface area (Å²) in [6.07, 6.45) is 6.35. The molecule has 10 atom stereocenters. The third kappa shape index (κ3) is 11.6. The lowest BCUT2D eigenvalue weighted by Crippen LogP contribution is -2.62. The molecule has 3 unspecified atom stereocenters. The number of alkyl halides is 3. The highest BCUT2D eigenvalue weighted by Gasteiger charge is 2.59. The van der Waals surface area contributed by atoms with Crippen molar-refractivity contribution in [1.82, 2.24) is 40.3 Å². The summed E-state index contributed by atoms with van der Waals surface area (Å²) in [5, 5.41) is 4.24. The number of methoxy groups -OCH3 is 1. The Hall–Kier alpha value is -4.80. The van der Waals surface area contributed by atoms with Gasteiger partial charge in [-0.1, -0.05) is 39.8 Å². The molecule has 6 bridgehead atoms. The summed E-state index contributed by atoms with van der Waals surface area (Å²) in [5.74, 6) is 0.0897. The molecule has 3 amide bonds. The zero-order valence-electron chi connectivity index (χ0n) is 48.2. The van der Waals surface area contributed by atoms with Gasteiger partial charge in [0, 0.05) is 111 Å². The van der Waals surface area contributed by atoms with Crippen LogP contribution < -0.4 is 20.5 Å². The van der Waals surface area contributed by atoms with Crippen LogP contribution in [0.1, 0.15) is 127 Å². The number of aliphatic imine (C=N–C) groups is 1. The molecule has 2 saturated carbocycles. The van der Waals surface area contributed by atoms with Gasteiger partial charge in [-0.15, -0.1) is 11.8 Å². The van der Waals surface area contributed by atoms with Gasteiger partial charge < -0.3 is 29.5 Å². The number of carbonyl (C=O) groups is 4. The number of amides is 3. The van der Waals surface area contributed by atoms with E-state index in [1.165, 1.54) is 35.6 Å². The van der Waals surface area contributed by atoms with Crippen LogP contribution >= 0.6 is 11.8 Å². The second-order valence-electron chi connectivity index (χ2n) is 26.2. The summed E-state index contributed by atoms with van der Waals surface area (Å²) in [6, 6.07) is 5.19. The third-order valence-corrected chi connectivity index (χ3v) is 20.4. The van der Waals surface area contributed by atoms with E-state index < -0.39 is 59.8 Å². The van der Waals surface area contributed by atoms with Gasteiger partial charge in [0.05, 0.1) is 53.5 Å². The average Bonchev–Trinajstić information content (AvgIpc) is 3.30. The second-order valence-corrected chi connectivity index (χ2v) is 27.3. The van der Waals surface area contributed by atoms with Crippen LogP contribution in [0.4, 0.5) is 24.5 Å². The van der Waals surface area contributed by atoms with Gasteiger partial charge in [0.25, 0.3) is 5.91 Å². The fourth-order valence-corrected chi connectivity index (χ4v) is 15.7. The SMILES string of the molecule is CO[C@@H](C)c1ncc(N2CCN(C3CC3)CC2)cc1C1/C2=C/C(C)(C)COC(=O)[C@@H]3CCCN(N3)C(=O)[C@@H](NC(=O)[C@H](C(C)C)N3CC[C@]4(CCN(C(=O)[C@H]5[C@@H](C6CC6)N5C)C4)C3)CC3N=C(CS3)c3ccc(c2c3)N1CC(F)(F)F. The molecule has 2 aliphatic carbocycles. The van der Waals surface area contributed by atoms with E-state index in [-0.39, 0.29) is 48.1 Å². The number of carbonyl (C=O) groups excluding carboxylic acids is 4. The molecule has 0 radical (unpaired) electrons. The Morgan fingerprint density at radius 1 is 0.975 bits per heavy atom. The quantitative estimate of drug-likeness (QED) is 0.177. The summed E-state index contributed by atoms with van der Waals surface area (Å²) in [4.78, 5) is 80.9.